The van der Waals surface area contributed by atoms with Crippen LogP contribution in [0, 0.1) is 11.7 Å². The predicted molar refractivity (Wildman–Crippen MR) is 98.9 cm³/mol. The van der Waals surface area contributed by atoms with Gasteiger partial charge in [-0.1, -0.05) is 37.3 Å². The van der Waals surface area contributed by atoms with Gasteiger partial charge >= 0.3 is 0 Å². The van der Waals surface area contributed by atoms with Gasteiger partial charge in [-0.2, -0.15) is 0 Å². The molecule has 3 nitrogen and oxygen atoms in total. The molecule has 0 unspecified atom stereocenters. The maximum atomic E-state index is 13.8. The SMILES string of the molecule is CCc1ccc(NC(=O)C2CCN(Cc3ccccc3F)CC2)cc1. The Morgan fingerprint density at radius 2 is 1.80 bits per heavy atom. The van der Waals surface area contributed by atoms with Crippen LogP contribution in [0.1, 0.15) is 30.9 Å². The molecule has 1 fully saturated rings. The molecule has 4 heteroatoms. The van der Waals surface area contributed by atoms with Gasteiger partial charge in [-0.05, 0) is 56.1 Å². The lowest BCUT2D eigenvalue weighted by Crippen LogP contribution is -2.37. The van der Waals surface area contributed by atoms with E-state index >= 15 is 0 Å². The summed E-state index contributed by atoms with van der Waals surface area (Å²) in [4.78, 5) is 14.7. The standard InChI is InChI=1S/C21H25FN2O/c1-2-16-7-9-19(10-8-16)23-21(25)17-11-13-24(14-12-17)15-18-5-3-4-6-20(18)22/h3-10,17H,2,11-15H2,1H3,(H,23,25). The Bertz CT molecular complexity index is 706. The summed E-state index contributed by atoms with van der Waals surface area (Å²) >= 11 is 0. The van der Waals surface area contributed by atoms with E-state index in [1.54, 1.807) is 6.07 Å². The molecule has 1 saturated heterocycles. The lowest BCUT2D eigenvalue weighted by molar-refractivity contribution is -0.121. The normalized spacial score (nSPS) is 15.9. The molecule has 2 aromatic carbocycles. The maximum absolute atomic E-state index is 13.8. The third-order valence-corrected chi connectivity index (χ3v) is 4.94. The van der Waals surface area contributed by atoms with E-state index in [2.05, 4.69) is 17.1 Å². The molecule has 0 atom stereocenters. The van der Waals surface area contributed by atoms with E-state index in [1.165, 1.54) is 11.6 Å². The molecule has 0 spiro atoms. The van der Waals surface area contributed by atoms with Crippen LogP contribution >= 0.6 is 0 Å². The molecule has 25 heavy (non-hydrogen) atoms. The Hall–Kier alpha value is -2.20. The molecule has 1 aliphatic rings. The van der Waals surface area contributed by atoms with Crippen molar-refractivity contribution in [2.75, 3.05) is 18.4 Å². The van der Waals surface area contributed by atoms with Gasteiger partial charge in [0.05, 0.1) is 0 Å². The van der Waals surface area contributed by atoms with Crippen LogP contribution < -0.4 is 5.32 Å². The van der Waals surface area contributed by atoms with Crippen molar-refractivity contribution in [1.82, 2.24) is 4.90 Å². The van der Waals surface area contributed by atoms with Crippen LogP contribution in [0.4, 0.5) is 10.1 Å². The number of benzene rings is 2. The Kier molecular flexibility index (Phi) is 5.82. The Labute approximate surface area is 148 Å². The van der Waals surface area contributed by atoms with Crippen molar-refractivity contribution in [2.45, 2.75) is 32.7 Å². The van der Waals surface area contributed by atoms with Gasteiger partial charge in [-0.3, -0.25) is 9.69 Å². The van der Waals surface area contributed by atoms with Crippen molar-refractivity contribution < 1.29 is 9.18 Å². The number of nitrogens with zero attached hydrogens (tertiary/aromatic N) is 1. The van der Waals surface area contributed by atoms with E-state index in [0.717, 1.165) is 43.6 Å². The fraction of sp³-hybridized carbons (Fsp3) is 0.381. The van der Waals surface area contributed by atoms with Crippen LogP contribution in [0.3, 0.4) is 0 Å². The van der Waals surface area contributed by atoms with Gasteiger partial charge < -0.3 is 5.32 Å². The topological polar surface area (TPSA) is 32.3 Å². The summed E-state index contributed by atoms with van der Waals surface area (Å²) in [5.41, 5.74) is 2.84. The summed E-state index contributed by atoms with van der Waals surface area (Å²) in [5, 5.41) is 3.02. The number of amides is 1. The number of hydrogen-bond acceptors (Lipinski definition) is 2. The molecule has 132 valence electrons. The summed E-state index contributed by atoms with van der Waals surface area (Å²) in [6.07, 6.45) is 2.62. The highest BCUT2D eigenvalue weighted by molar-refractivity contribution is 5.92. The van der Waals surface area contributed by atoms with E-state index in [4.69, 9.17) is 0 Å². The van der Waals surface area contributed by atoms with E-state index in [9.17, 15) is 9.18 Å². The number of carbonyl (C=O) groups is 1. The molecule has 2 aromatic rings. The molecule has 0 bridgehead atoms. The third-order valence-electron chi connectivity index (χ3n) is 4.94. The number of nitrogens with one attached hydrogen (secondary N) is 1. The van der Waals surface area contributed by atoms with Crippen LogP contribution in [-0.2, 0) is 17.8 Å². The third kappa shape index (κ3) is 4.67. The van der Waals surface area contributed by atoms with Crippen LogP contribution in [0.2, 0.25) is 0 Å². The Morgan fingerprint density at radius 3 is 2.44 bits per heavy atom. The summed E-state index contributed by atoms with van der Waals surface area (Å²) in [6, 6.07) is 14.9. The van der Waals surface area contributed by atoms with Crippen molar-refractivity contribution in [1.29, 1.82) is 0 Å². The summed E-state index contributed by atoms with van der Waals surface area (Å²) in [7, 11) is 0. The molecule has 0 aromatic heterocycles. The summed E-state index contributed by atoms with van der Waals surface area (Å²) in [6.45, 7) is 4.37. The number of rotatable bonds is 5. The second-order valence-corrected chi connectivity index (χ2v) is 6.68. The first-order chi connectivity index (χ1) is 12.2. The summed E-state index contributed by atoms with van der Waals surface area (Å²) < 4.78 is 13.8. The van der Waals surface area contributed by atoms with Gasteiger partial charge in [-0.25, -0.2) is 4.39 Å². The van der Waals surface area contributed by atoms with Gasteiger partial charge in [0.25, 0.3) is 0 Å². The van der Waals surface area contributed by atoms with Crippen LogP contribution in [0.15, 0.2) is 48.5 Å². The quantitative estimate of drug-likeness (QED) is 0.883. The van der Waals surface area contributed by atoms with E-state index in [1.807, 2.05) is 36.4 Å². The first-order valence-electron chi connectivity index (χ1n) is 9.01. The Morgan fingerprint density at radius 1 is 1.12 bits per heavy atom. The van der Waals surface area contributed by atoms with Crippen molar-refractivity contribution in [2.24, 2.45) is 5.92 Å². The number of aryl methyl sites for hydroxylation is 1. The van der Waals surface area contributed by atoms with Gasteiger partial charge in [0, 0.05) is 23.7 Å². The molecular weight excluding hydrogens is 315 g/mol. The van der Waals surface area contributed by atoms with E-state index in [-0.39, 0.29) is 17.6 Å². The fourth-order valence-corrected chi connectivity index (χ4v) is 3.29. The van der Waals surface area contributed by atoms with E-state index < -0.39 is 0 Å². The van der Waals surface area contributed by atoms with Crippen molar-refractivity contribution >= 4 is 11.6 Å². The maximum Gasteiger partial charge on any atom is 0.227 e. The minimum absolute atomic E-state index is 0.0303. The van der Waals surface area contributed by atoms with Crippen LogP contribution in [0.25, 0.3) is 0 Å². The molecule has 0 radical (unpaired) electrons. The van der Waals surface area contributed by atoms with Crippen molar-refractivity contribution in [3.63, 3.8) is 0 Å². The van der Waals surface area contributed by atoms with Gasteiger partial charge in [0.15, 0.2) is 0 Å². The molecule has 1 aliphatic heterocycles. The molecule has 1 heterocycles. The lowest BCUT2D eigenvalue weighted by Gasteiger charge is -2.31. The first-order valence-corrected chi connectivity index (χ1v) is 9.01. The monoisotopic (exact) mass is 340 g/mol. The average molecular weight is 340 g/mol. The lowest BCUT2D eigenvalue weighted by atomic mass is 9.95. The molecule has 0 aliphatic carbocycles. The highest BCUT2D eigenvalue weighted by Crippen LogP contribution is 2.22. The predicted octanol–water partition coefficient (Wildman–Crippen LogP) is 4.24. The average Bonchev–Trinajstić information content (AvgIpc) is 2.65. The van der Waals surface area contributed by atoms with Crippen LogP contribution in [0.5, 0.6) is 0 Å². The Balaban J connectivity index is 1.49. The minimum atomic E-state index is -0.155. The second-order valence-electron chi connectivity index (χ2n) is 6.68. The van der Waals surface area contributed by atoms with E-state index in [0.29, 0.717) is 6.54 Å². The molecule has 1 N–H and O–H groups in total. The number of piperidine rings is 1. The largest absolute Gasteiger partial charge is 0.326 e. The second kappa shape index (κ2) is 8.26. The molecule has 3 rings (SSSR count). The number of likely N-dealkylation sites (tertiary alicyclic amines) is 1. The molecule has 1 amide bonds. The number of hydrogen-bond donors (Lipinski definition) is 1. The zero-order valence-corrected chi connectivity index (χ0v) is 14.7. The highest BCUT2D eigenvalue weighted by atomic mass is 19.1. The number of carbonyl (C=O) groups excluding carboxylic acids is 1. The smallest absolute Gasteiger partial charge is 0.227 e. The zero-order chi connectivity index (χ0) is 17.6. The molecule has 0 saturated carbocycles. The number of halogens is 1. The van der Waals surface area contributed by atoms with Gasteiger partial charge in [0.2, 0.25) is 5.91 Å². The first kappa shape index (κ1) is 17.6. The molecular formula is C21H25FN2O. The van der Waals surface area contributed by atoms with Gasteiger partial charge in [-0.15, -0.1) is 0 Å². The highest BCUT2D eigenvalue weighted by Gasteiger charge is 2.25. The van der Waals surface area contributed by atoms with Crippen LogP contribution in [-0.4, -0.2) is 23.9 Å². The fourth-order valence-electron chi connectivity index (χ4n) is 3.29. The van der Waals surface area contributed by atoms with Crippen molar-refractivity contribution in [3.05, 3.63) is 65.5 Å². The van der Waals surface area contributed by atoms with Crippen molar-refractivity contribution in [3.8, 4) is 0 Å². The van der Waals surface area contributed by atoms with Gasteiger partial charge in [0.1, 0.15) is 5.82 Å². The number of anilines is 1. The zero-order valence-electron chi connectivity index (χ0n) is 14.7. The minimum Gasteiger partial charge on any atom is -0.326 e. The summed E-state index contributed by atoms with van der Waals surface area (Å²) in [5.74, 6) is -0.0320.